The lowest BCUT2D eigenvalue weighted by Gasteiger charge is -2.26. The van der Waals surface area contributed by atoms with Crippen molar-refractivity contribution in [3.05, 3.63) is 47.9 Å². The van der Waals surface area contributed by atoms with Gasteiger partial charge < -0.3 is 15.0 Å². The quantitative estimate of drug-likeness (QED) is 0.669. The first-order valence-electron chi connectivity index (χ1n) is 10.1. The van der Waals surface area contributed by atoms with E-state index in [4.69, 9.17) is 4.74 Å². The number of carbonyl (C=O) groups excluding carboxylic acids is 1. The predicted octanol–water partition coefficient (Wildman–Crippen LogP) is 2.20. The van der Waals surface area contributed by atoms with Crippen LogP contribution in [0.1, 0.15) is 35.6 Å². The Balaban J connectivity index is 1.48. The normalized spacial score (nSPS) is 13.9. The third-order valence-electron chi connectivity index (χ3n) is 5.06. The highest BCUT2D eigenvalue weighted by Gasteiger charge is 2.18. The molecule has 0 radical (unpaired) electrons. The summed E-state index contributed by atoms with van der Waals surface area (Å²) < 4.78 is 6.81. The molecule has 0 saturated carbocycles. The maximum Gasteiger partial charge on any atom is 0.321 e. The maximum atomic E-state index is 12.7. The summed E-state index contributed by atoms with van der Waals surface area (Å²) in [6.45, 7) is 2.00. The average molecular weight is 407 g/mol. The van der Waals surface area contributed by atoms with Crippen LogP contribution >= 0.6 is 0 Å². The second-order valence-electron chi connectivity index (χ2n) is 7.17. The lowest BCUT2D eigenvalue weighted by Crippen LogP contribution is -2.32. The highest BCUT2D eigenvalue weighted by atomic mass is 16.5. The summed E-state index contributed by atoms with van der Waals surface area (Å²) in [5, 5.41) is 7.32. The lowest BCUT2D eigenvalue weighted by molar-refractivity contribution is 0.0940. The van der Waals surface area contributed by atoms with Crippen molar-refractivity contribution in [3.8, 4) is 17.3 Å². The maximum absolute atomic E-state index is 12.7. The van der Waals surface area contributed by atoms with Gasteiger partial charge in [-0.3, -0.25) is 9.48 Å². The van der Waals surface area contributed by atoms with E-state index < -0.39 is 0 Å². The monoisotopic (exact) mass is 407 g/mol. The summed E-state index contributed by atoms with van der Waals surface area (Å²) in [6, 6.07) is 11.8. The Kier molecular flexibility index (Phi) is 5.87. The number of aryl methyl sites for hydroxylation is 1. The summed E-state index contributed by atoms with van der Waals surface area (Å²) in [6.07, 6.45) is 3.45. The molecular weight excluding hydrogens is 382 g/mol. The van der Waals surface area contributed by atoms with Crippen LogP contribution in [-0.4, -0.2) is 50.8 Å². The number of benzene rings is 1. The molecule has 1 aliphatic rings. The Morgan fingerprint density at radius 2 is 1.87 bits per heavy atom. The fraction of sp³-hybridized carbons (Fsp3) is 0.381. The first-order valence-corrected chi connectivity index (χ1v) is 10.1. The standard InChI is InChI=1S/C21H25N7O2/c1-27-17(13-16(26-27)15-9-5-3-6-10-15)19(29)22-14-18-23-20(25-21(24-18)30-2)28-11-7-4-8-12-28/h3,5-6,9-10,13H,4,7-8,11-12,14H2,1-2H3,(H,22,29). The number of ether oxygens (including phenoxy) is 1. The number of amides is 1. The summed E-state index contributed by atoms with van der Waals surface area (Å²) in [5.74, 6) is 0.810. The van der Waals surface area contributed by atoms with Crippen molar-refractivity contribution in [1.82, 2.24) is 30.0 Å². The van der Waals surface area contributed by atoms with Gasteiger partial charge in [-0.25, -0.2) is 0 Å². The fourth-order valence-corrected chi connectivity index (χ4v) is 3.47. The van der Waals surface area contributed by atoms with Gasteiger partial charge in [0.1, 0.15) is 5.69 Å². The van der Waals surface area contributed by atoms with Crippen molar-refractivity contribution in [2.45, 2.75) is 25.8 Å². The van der Waals surface area contributed by atoms with Crippen LogP contribution in [0.2, 0.25) is 0 Å². The van der Waals surface area contributed by atoms with Gasteiger partial charge in [-0.15, -0.1) is 0 Å². The highest BCUT2D eigenvalue weighted by molar-refractivity contribution is 5.93. The van der Waals surface area contributed by atoms with Gasteiger partial charge >= 0.3 is 6.01 Å². The van der Waals surface area contributed by atoms with E-state index in [1.807, 2.05) is 30.3 Å². The van der Waals surface area contributed by atoms with Gasteiger partial charge in [0.05, 0.1) is 19.3 Å². The van der Waals surface area contributed by atoms with Gasteiger partial charge in [0.2, 0.25) is 5.95 Å². The number of piperidine rings is 1. The van der Waals surface area contributed by atoms with E-state index in [0.717, 1.165) is 37.2 Å². The third kappa shape index (κ3) is 4.40. The van der Waals surface area contributed by atoms with Crippen LogP contribution in [-0.2, 0) is 13.6 Å². The molecule has 1 N–H and O–H groups in total. The molecule has 2 aromatic heterocycles. The minimum Gasteiger partial charge on any atom is -0.467 e. The molecular formula is C21H25N7O2. The highest BCUT2D eigenvalue weighted by Crippen LogP contribution is 2.19. The van der Waals surface area contributed by atoms with E-state index in [1.165, 1.54) is 13.5 Å². The molecule has 3 aromatic rings. The molecule has 9 nitrogen and oxygen atoms in total. The average Bonchev–Trinajstić information content (AvgIpc) is 3.20. The largest absolute Gasteiger partial charge is 0.467 e. The van der Waals surface area contributed by atoms with Gasteiger partial charge in [-0.2, -0.15) is 20.1 Å². The molecule has 0 bridgehead atoms. The number of anilines is 1. The molecule has 1 saturated heterocycles. The van der Waals surface area contributed by atoms with Crippen molar-refractivity contribution in [2.75, 3.05) is 25.1 Å². The van der Waals surface area contributed by atoms with E-state index in [9.17, 15) is 4.79 Å². The summed E-state index contributed by atoms with van der Waals surface area (Å²) in [5.41, 5.74) is 2.17. The minimum atomic E-state index is -0.244. The smallest absolute Gasteiger partial charge is 0.321 e. The van der Waals surface area contributed by atoms with Crippen LogP contribution in [0, 0.1) is 0 Å². The van der Waals surface area contributed by atoms with Gasteiger partial charge in [-0.1, -0.05) is 30.3 Å². The second kappa shape index (κ2) is 8.89. The molecule has 0 spiro atoms. The van der Waals surface area contributed by atoms with E-state index in [0.29, 0.717) is 17.5 Å². The van der Waals surface area contributed by atoms with Crippen molar-refractivity contribution in [1.29, 1.82) is 0 Å². The molecule has 0 aliphatic carbocycles. The number of carbonyl (C=O) groups is 1. The molecule has 0 atom stereocenters. The predicted molar refractivity (Wildman–Crippen MR) is 112 cm³/mol. The molecule has 1 aliphatic heterocycles. The topological polar surface area (TPSA) is 98.1 Å². The number of methoxy groups -OCH3 is 1. The Labute approximate surface area is 175 Å². The molecule has 4 rings (SSSR count). The number of nitrogens with one attached hydrogen (secondary N) is 1. The van der Waals surface area contributed by atoms with Gasteiger partial charge in [0, 0.05) is 25.7 Å². The lowest BCUT2D eigenvalue weighted by atomic mass is 10.1. The second-order valence-corrected chi connectivity index (χ2v) is 7.17. The molecule has 9 heteroatoms. The third-order valence-corrected chi connectivity index (χ3v) is 5.06. The first-order chi connectivity index (χ1) is 14.6. The van der Waals surface area contributed by atoms with Crippen LogP contribution in [0.4, 0.5) is 5.95 Å². The number of nitrogens with zero attached hydrogens (tertiary/aromatic N) is 6. The van der Waals surface area contributed by atoms with Crippen molar-refractivity contribution >= 4 is 11.9 Å². The number of hydrogen-bond donors (Lipinski definition) is 1. The Bertz CT molecular complexity index is 1010. The fourth-order valence-electron chi connectivity index (χ4n) is 3.47. The summed E-state index contributed by atoms with van der Waals surface area (Å²) in [7, 11) is 3.28. The Morgan fingerprint density at radius 1 is 1.10 bits per heavy atom. The molecule has 30 heavy (non-hydrogen) atoms. The van der Waals surface area contributed by atoms with Crippen LogP contribution in [0.3, 0.4) is 0 Å². The van der Waals surface area contributed by atoms with Crippen LogP contribution < -0.4 is 15.0 Å². The summed E-state index contributed by atoms with van der Waals surface area (Å²) in [4.78, 5) is 28.0. The molecule has 156 valence electrons. The van der Waals surface area contributed by atoms with Crippen molar-refractivity contribution < 1.29 is 9.53 Å². The van der Waals surface area contributed by atoms with Crippen molar-refractivity contribution in [2.24, 2.45) is 7.05 Å². The zero-order valence-corrected chi connectivity index (χ0v) is 17.2. The van der Waals surface area contributed by atoms with Gasteiger partial charge in [0.25, 0.3) is 5.91 Å². The van der Waals surface area contributed by atoms with E-state index in [1.54, 1.807) is 17.8 Å². The first kappa shape index (κ1) is 19.8. The van der Waals surface area contributed by atoms with Gasteiger partial charge in [0.15, 0.2) is 5.82 Å². The van der Waals surface area contributed by atoms with E-state index >= 15 is 0 Å². The zero-order chi connectivity index (χ0) is 20.9. The van der Waals surface area contributed by atoms with Crippen molar-refractivity contribution in [3.63, 3.8) is 0 Å². The summed E-state index contributed by atoms with van der Waals surface area (Å²) >= 11 is 0. The van der Waals surface area contributed by atoms with Crippen LogP contribution in [0.15, 0.2) is 36.4 Å². The van der Waals surface area contributed by atoms with E-state index in [2.05, 4.69) is 30.3 Å². The molecule has 1 fully saturated rings. The zero-order valence-electron chi connectivity index (χ0n) is 17.2. The van der Waals surface area contributed by atoms with Gasteiger partial charge in [-0.05, 0) is 25.3 Å². The Hall–Kier alpha value is -3.49. The Morgan fingerprint density at radius 3 is 2.60 bits per heavy atom. The SMILES string of the molecule is COc1nc(CNC(=O)c2cc(-c3ccccc3)nn2C)nc(N2CCCCC2)n1. The number of aromatic nitrogens is 5. The molecule has 3 heterocycles. The van der Waals surface area contributed by atoms with Crippen LogP contribution in [0.5, 0.6) is 6.01 Å². The number of hydrogen-bond acceptors (Lipinski definition) is 7. The molecule has 1 amide bonds. The van der Waals surface area contributed by atoms with E-state index in [-0.39, 0.29) is 18.5 Å². The minimum absolute atomic E-state index is 0.171. The van der Waals surface area contributed by atoms with Crippen LogP contribution in [0.25, 0.3) is 11.3 Å². The molecule has 1 aromatic carbocycles. The molecule has 0 unspecified atom stereocenters. The number of rotatable bonds is 6.